The summed E-state index contributed by atoms with van der Waals surface area (Å²) in [7, 11) is 0. The molecule has 7 heteroatoms. The van der Waals surface area contributed by atoms with Crippen LogP contribution in [0, 0.1) is 0 Å². The van der Waals surface area contributed by atoms with E-state index in [-0.39, 0.29) is 17.7 Å². The van der Waals surface area contributed by atoms with Crippen LogP contribution in [0.5, 0.6) is 0 Å². The molecule has 0 spiro atoms. The molecule has 0 aliphatic rings. The molecule has 0 bridgehead atoms. The van der Waals surface area contributed by atoms with Crippen LogP contribution in [0.3, 0.4) is 0 Å². The molecule has 2 amide bonds. The summed E-state index contributed by atoms with van der Waals surface area (Å²) in [6.45, 7) is 2.59. The first-order valence-electron chi connectivity index (χ1n) is 7.68. The van der Waals surface area contributed by atoms with Crippen molar-refractivity contribution in [2.45, 2.75) is 12.8 Å². The second-order valence-corrected chi connectivity index (χ2v) is 6.22. The maximum absolute atomic E-state index is 12.2. The van der Waals surface area contributed by atoms with Crippen molar-refractivity contribution in [3.8, 4) is 0 Å². The number of carbonyl (C=O) groups is 2. The Morgan fingerprint density at radius 1 is 1.21 bits per heavy atom. The Labute approximate surface area is 143 Å². The SMILES string of the molecule is C[C@@H](C(=O)NCCNC(=O)c1n[nH]c2ccccc12)c1ccsc1. The molecule has 0 radical (unpaired) electrons. The number of carbonyl (C=O) groups excluding carboxylic acids is 2. The van der Waals surface area contributed by atoms with Crippen molar-refractivity contribution >= 4 is 34.1 Å². The average molecular weight is 342 g/mol. The molecule has 0 aliphatic carbocycles. The lowest BCUT2D eigenvalue weighted by molar-refractivity contribution is -0.122. The van der Waals surface area contributed by atoms with E-state index < -0.39 is 0 Å². The highest BCUT2D eigenvalue weighted by Gasteiger charge is 2.16. The van der Waals surface area contributed by atoms with Crippen LogP contribution in [-0.4, -0.2) is 35.1 Å². The number of rotatable bonds is 6. The molecule has 0 fully saturated rings. The van der Waals surface area contributed by atoms with Crippen LogP contribution in [0.1, 0.15) is 28.9 Å². The van der Waals surface area contributed by atoms with Crippen LogP contribution in [-0.2, 0) is 4.79 Å². The number of nitrogens with zero attached hydrogens (tertiary/aromatic N) is 1. The van der Waals surface area contributed by atoms with Crippen molar-refractivity contribution in [3.05, 3.63) is 52.3 Å². The number of hydrogen-bond acceptors (Lipinski definition) is 4. The highest BCUT2D eigenvalue weighted by atomic mass is 32.1. The van der Waals surface area contributed by atoms with E-state index in [1.54, 1.807) is 11.3 Å². The Hall–Kier alpha value is -2.67. The number of benzene rings is 1. The molecule has 124 valence electrons. The lowest BCUT2D eigenvalue weighted by Gasteiger charge is -2.11. The number of H-pyrrole nitrogens is 1. The van der Waals surface area contributed by atoms with Crippen LogP contribution >= 0.6 is 11.3 Å². The van der Waals surface area contributed by atoms with Gasteiger partial charge in [-0.05, 0) is 35.4 Å². The molecule has 1 atom stereocenters. The van der Waals surface area contributed by atoms with Crippen molar-refractivity contribution in [2.24, 2.45) is 0 Å². The van der Waals surface area contributed by atoms with Crippen molar-refractivity contribution < 1.29 is 9.59 Å². The predicted octanol–water partition coefficient (Wildman–Crippen LogP) is 2.27. The molecule has 0 saturated carbocycles. The van der Waals surface area contributed by atoms with Gasteiger partial charge < -0.3 is 10.6 Å². The van der Waals surface area contributed by atoms with Crippen LogP contribution in [0.25, 0.3) is 10.9 Å². The summed E-state index contributed by atoms with van der Waals surface area (Å²) in [6, 6.07) is 9.40. The van der Waals surface area contributed by atoms with Gasteiger partial charge in [-0.1, -0.05) is 18.2 Å². The molecule has 0 unspecified atom stereocenters. The third-order valence-corrected chi connectivity index (χ3v) is 4.53. The fourth-order valence-electron chi connectivity index (χ4n) is 2.41. The molecule has 2 aromatic heterocycles. The van der Waals surface area contributed by atoms with Gasteiger partial charge in [0.15, 0.2) is 5.69 Å². The summed E-state index contributed by atoms with van der Waals surface area (Å²) in [4.78, 5) is 24.2. The van der Waals surface area contributed by atoms with Crippen LogP contribution in [0.15, 0.2) is 41.1 Å². The third-order valence-electron chi connectivity index (χ3n) is 3.83. The number of hydrogen-bond donors (Lipinski definition) is 3. The molecule has 3 aromatic rings. The van der Waals surface area contributed by atoms with Gasteiger partial charge in [0, 0.05) is 18.5 Å². The lowest BCUT2D eigenvalue weighted by Crippen LogP contribution is -2.36. The molecule has 0 aliphatic heterocycles. The van der Waals surface area contributed by atoms with Gasteiger partial charge in [-0.25, -0.2) is 0 Å². The maximum atomic E-state index is 12.2. The van der Waals surface area contributed by atoms with Gasteiger partial charge in [0.1, 0.15) is 0 Å². The monoisotopic (exact) mass is 342 g/mol. The smallest absolute Gasteiger partial charge is 0.272 e. The van der Waals surface area contributed by atoms with E-state index in [9.17, 15) is 9.59 Å². The van der Waals surface area contributed by atoms with E-state index in [0.717, 1.165) is 16.5 Å². The van der Waals surface area contributed by atoms with E-state index in [0.29, 0.717) is 18.8 Å². The zero-order valence-corrected chi connectivity index (χ0v) is 14.0. The molecule has 1 aromatic carbocycles. The first-order valence-corrected chi connectivity index (χ1v) is 8.62. The number of aromatic nitrogens is 2. The number of thiophene rings is 1. The van der Waals surface area contributed by atoms with E-state index >= 15 is 0 Å². The number of aromatic amines is 1. The predicted molar refractivity (Wildman–Crippen MR) is 94.2 cm³/mol. The van der Waals surface area contributed by atoms with Gasteiger partial charge >= 0.3 is 0 Å². The highest BCUT2D eigenvalue weighted by molar-refractivity contribution is 7.08. The van der Waals surface area contributed by atoms with E-state index in [4.69, 9.17) is 0 Å². The second kappa shape index (κ2) is 7.27. The summed E-state index contributed by atoms with van der Waals surface area (Å²) in [5, 5.41) is 17.2. The number of nitrogens with one attached hydrogen (secondary N) is 3. The van der Waals surface area contributed by atoms with Crippen LogP contribution < -0.4 is 10.6 Å². The quantitative estimate of drug-likeness (QED) is 0.601. The normalized spacial score (nSPS) is 12.0. The first kappa shape index (κ1) is 16.2. The molecule has 3 rings (SSSR count). The lowest BCUT2D eigenvalue weighted by atomic mass is 10.0. The standard InChI is InChI=1S/C17H18N4O2S/c1-11(12-6-9-24-10-12)16(22)18-7-8-19-17(23)15-13-4-2-3-5-14(13)20-21-15/h2-6,9-11H,7-8H2,1H3,(H,18,22)(H,19,23)(H,20,21)/t11-/m1/s1. The summed E-state index contributed by atoms with van der Waals surface area (Å²) in [5.41, 5.74) is 2.19. The fourth-order valence-corrected chi connectivity index (χ4v) is 3.16. The van der Waals surface area contributed by atoms with Crippen molar-refractivity contribution in [3.63, 3.8) is 0 Å². The van der Waals surface area contributed by atoms with Gasteiger partial charge in [0.25, 0.3) is 5.91 Å². The van der Waals surface area contributed by atoms with E-state index in [1.165, 1.54) is 0 Å². The minimum absolute atomic E-state index is 0.0483. The molecule has 24 heavy (non-hydrogen) atoms. The molecule has 2 heterocycles. The Morgan fingerprint density at radius 2 is 2.00 bits per heavy atom. The van der Waals surface area contributed by atoms with Crippen LogP contribution in [0.4, 0.5) is 0 Å². The van der Waals surface area contributed by atoms with Crippen molar-refractivity contribution in [2.75, 3.05) is 13.1 Å². The molecule has 3 N–H and O–H groups in total. The summed E-state index contributed by atoms with van der Waals surface area (Å²) < 4.78 is 0. The van der Waals surface area contributed by atoms with Crippen LogP contribution in [0.2, 0.25) is 0 Å². The minimum Gasteiger partial charge on any atom is -0.354 e. The maximum Gasteiger partial charge on any atom is 0.272 e. The van der Waals surface area contributed by atoms with Gasteiger partial charge in [0.05, 0.1) is 11.4 Å². The highest BCUT2D eigenvalue weighted by Crippen LogP contribution is 2.18. The molecular formula is C17H18N4O2S. The zero-order chi connectivity index (χ0) is 16.9. The van der Waals surface area contributed by atoms with Crippen molar-refractivity contribution in [1.29, 1.82) is 0 Å². The second-order valence-electron chi connectivity index (χ2n) is 5.44. The zero-order valence-electron chi connectivity index (χ0n) is 13.2. The molecule has 0 saturated heterocycles. The Morgan fingerprint density at radius 3 is 2.79 bits per heavy atom. The number of amides is 2. The fraction of sp³-hybridized carbons (Fsp3) is 0.235. The average Bonchev–Trinajstić information content (AvgIpc) is 3.26. The van der Waals surface area contributed by atoms with Gasteiger partial charge in [-0.2, -0.15) is 16.4 Å². The van der Waals surface area contributed by atoms with E-state index in [1.807, 2.05) is 48.0 Å². The van der Waals surface area contributed by atoms with Crippen molar-refractivity contribution in [1.82, 2.24) is 20.8 Å². The van der Waals surface area contributed by atoms with Gasteiger partial charge in [-0.3, -0.25) is 14.7 Å². The Balaban J connectivity index is 1.48. The third kappa shape index (κ3) is 3.46. The Bertz CT molecular complexity index is 841. The number of para-hydroxylation sites is 1. The molecular weight excluding hydrogens is 324 g/mol. The minimum atomic E-state index is -0.257. The van der Waals surface area contributed by atoms with E-state index in [2.05, 4.69) is 20.8 Å². The van der Waals surface area contributed by atoms with Gasteiger partial charge in [-0.15, -0.1) is 0 Å². The summed E-state index contributed by atoms with van der Waals surface area (Å²) >= 11 is 1.57. The Kier molecular flexibility index (Phi) is 4.90. The largest absolute Gasteiger partial charge is 0.354 e. The summed E-state index contributed by atoms with van der Waals surface area (Å²) in [6.07, 6.45) is 0. The first-order chi connectivity index (χ1) is 11.7. The van der Waals surface area contributed by atoms with Gasteiger partial charge in [0.2, 0.25) is 5.91 Å². The molecule has 6 nitrogen and oxygen atoms in total. The topological polar surface area (TPSA) is 86.9 Å². The number of fused-ring (bicyclic) bond motifs is 1. The summed E-state index contributed by atoms with van der Waals surface area (Å²) in [5.74, 6) is -0.498.